The van der Waals surface area contributed by atoms with Gasteiger partial charge in [-0.15, -0.1) is 0 Å². The van der Waals surface area contributed by atoms with E-state index in [0.717, 1.165) is 0 Å². The van der Waals surface area contributed by atoms with Crippen molar-refractivity contribution < 1.29 is 14.3 Å². The zero-order chi connectivity index (χ0) is 12.6. The van der Waals surface area contributed by atoms with Gasteiger partial charge in [-0.2, -0.15) is 0 Å². The van der Waals surface area contributed by atoms with Crippen LogP contribution in [0.5, 0.6) is 0 Å². The van der Waals surface area contributed by atoms with Crippen LogP contribution in [0.15, 0.2) is 0 Å². The van der Waals surface area contributed by atoms with Crippen LogP contribution in [0.3, 0.4) is 0 Å². The number of nitrogens with one attached hydrogen (secondary N) is 2. The van der Waals surface area contributed by atoms with E-state index in [1.807, 2.05) is 20.8 Å². The number of rotatable bonds is 7. The topological polar surface area (TPSA) is 59.6 Å². The number of hydrogen-bond donors (Lipinski definition) is 2. The molecule has 2 N–H and O–H groups in total. The average Bonchev–Trinajstić information content (AvgIpc) is 2.20. The van der Waals surface area contributed by atoms with Gasteiger partial charge >= 0.3 is 0 Å². The molecule has 0 radical (unpaired) electrons. The first-order valence-corrected chi connectivity index (χ1v) is 5.42. The van der Waals surface area contributed by atoms with Crippen molar-refractivity contribution in [2.75, 3.05) is 33.9 Å². The Labute approximate surface area is 97.9 Å². The van der Waals surface area contributed by atoms with Gasteiger partial charge < -0.3 is 20.1 Å². The smallest absolute Gasteiger partial charge is 0.234 e. The maximum atomic E-state index is 11.4. The molecule has 0 spiro atoms. The Morgan fingerprint density at radius 2 is 1.94 bits per heavy atom. The molecule has 0 saturated carbocycles. The Hall–Kier alpha value is -0.650. The fourth-order valence-corrected chi connectivity index (χ4v) is 1.03. The molecule has 0 bridgehead atoms. The van der Waals surface area contributed by atoms with Crippen molar-refractivity contribution in [2.24, 2.45) is 0 Å². The van der Waals surface area contributed by atoms with Crippen LogP contribution in [-0.4, -0.2) is 51.5 Å². The standard InChI is InChI=1S/C11H24N2O3/c1-11(2,3)13-7-10(14)12-6-9(16-5)8-15-4/h9,13H,6-8H2,1-5H3,(H,12,14). The predicted octanol–water partition coefficient (Wildman–Crippen LogP) is 0.152. The van der Waals surface area contributed by atoms with Gasteiger partial charge in [0.2, 0.25) is 5.91 Å². The molecule has 1 atom stereocenters. The Morgan fingerprint density at radius 3 is 2.38 bits per heavy atom. The van der Waals surface area contributed by atoms with Crippen molar-refractivity contribution in [3.05, 3.63) is 0 Å². The molecule has 1 amide bonds. The van der Waals surface area contributed by atoms with Crippen molar-refractivity contribution in [1.82, 2.24) is 10.6 Å². The summed E-state index contributed by atoms with van der Waals surface area (Å²) >= 11 is 0. The van der Waals surface area contributed by atoms with E-state index in [1.54, 1.807) is 14.2 Å². The summed E-state index contributed by atoms with van der Waals surface area (Å²) in [5, 5.41) is 5.90. The quantitative estimate of drug-likeness (QED) is 0.656. The van der Waals surface area contributed by atoms with Crippen LogP contribution in [-0.2, 0) is 14.3 Å². The minimum Gasteiger partial charge on any atom is -0.382 e. The third-order valence-electron chi connectivity index (χ3n) is 1.99. The first-order valence-electron chi connectivity index (χ1n) is 5.42. The lowest BCUT2D eigenvalue weighted by Crippen LogP contribution is -2.45. The van der Waals surface area contributed by atoms with Crippen LogP contribution in [0.2, 0.25) is 0 Å². The molecule has 0 rings (SSSR count). The number of carbonyl (C=O) groups excluding carboxylic acids is 1. The molecule has 0 aromatic carbocycles. The molecule has 16 heavy (non-hydrogen) atoms. The van der Waals surface area contributed by atoms with Gasteiger partial charge in [0, 0.05) is 26.3 Å². The Bertz CT molecular complexity index is 202. The first-order chi connectivity index (χ1) is 7.39. The largest absolute Gasteiger partial charge is 0.382 e. The second-order valence-electron chi connectivity index (χ2n) is 4.72. The summed E-state index contributed by atoms with van der Waals surface area (Å²) in [7, 11) is 3.21. The van der Waals surface area contributed by atoms with E-state index in [-0.39, 0.29) is 17.6 Å². The van der Waals surface area contributed by atoms with Crippen molar-refractivity contribution in [3.8, 4) is 0 Å². The highest BCUT2D eigenvalue weighted by Crippen LogP contribution is 1.96. The molecule has 0 fully saturated rings. The van der Waals surface area contributed by atoms with Crippen molar-refractivity contribution >= 4 is 5.91 Å². The molecule has 0 saturated heterocycles. The fraction of sp³-hybridized carbons (Fsp3) is 0.909. The molecule has 0 heterocycles. The van der Waals surface area contributed by atoms with Gasteiger partial charge in [-0.3, -0.25) is 4.79 Å². The monoisotopic (exact) mass is 232 g/mol. The van der Waals surface area contributed by atoms with E-state index in [1.165, 1.54) is 0 Å². The highest BCUT2D eigenvalue weighted by atomic mass is 16.5. The van der Waals surface area contributed by atoms with E-state index >= 15 is 0 Å². The normalized spacial score (nSPS) is 13.6. The van der Waals surface area contributed by atoms with Crippen LogP contribution in [0, 0.1) is 0 Å². The van der Waals surface area contributed by atoms with E-state index in [4.69, 9.17) is 9.47 Å². The van der Waals surface area contributed by atoms with E-state index in [9.17, 15) is 4.79 Å². The van der Waals surface area contributed by atoms with E-state index in [0.29, 0.717) is 19.7 Å². The molecule has 0 aromatic heterocycles. The maximum absolute atomic E-state index is 11.4. The van der Waals surface area contributed by atoms with Gasteiger partial charge in [-0.05, 0) is 20.8 Å². The van der Waals surface area contributed by atoms with Gasteiger partial charge in [0.25, 0.3) is 0 Å². The second-order valence-corrected chi connectivity index (χ2v) is 4.72. The third-order valence-corrected chi connectivity index (χ3v) is 1.99. The van der Waals surface area contributed by atoms with Gasteiger partial charge in [-0.25, -0.2) is 0 Å². The number of methoxy groups -OCH3 is 2. The number of hydrogen-bond acceptors (Lipinski definition) is 4. The van der Waals surface area contributed by atoms with E-state index in [2.05, 4.69) is 10.6 Å². The van der Waals surface area contributed by atoms with Crippen LogP contribution < -0.4 is 10.6 Å². The van der Waals surface area contributed by atoms with Gasteiger partial charge in [0.1, 0.15) is 0 Å². The Morgan fingerprint density at radius 1 is 1.31 bits per heavy atom. The summed E-state index contributed by atoms with van der Waals surface area (Å²) in [4.78, 5) is 11.4. The van der Waals surface area contributed by atoms with E-state index < -0.39 is 0 Å². The van der Waals surface area contributed by atoms with Gasteiger partial charge in [-0.1, -0.05) is 0 Å². The Balaban J connectivity index is 3.71. The molecular formula is C11H24N2O3. The van der Waals surface area contributed by atoms with Crippen molar-refractivity contribution in [2.45, 2.75) is 32.4 Å². The molecule has 0 aliphatic carbocycles. The highest BCUT2D eigenvalue weighted by molar-refractivity contribution is 5.78. The van der Waals surface area contributed by atoms with Crippen LogP contribution in [0.1, 0.15) is 20.8 Å². The first kappa shape index (κ1) is 15.3. The summed E-state index contributed by atoms with van der Waals surface area (Å²) in [6.07, 6.45) is -0.0939. The van der Waals surface area contributed by atoms with Crippen LogP contribution in [0.25, 0.3) is 0 Å². The molecule has 96 valence electrons. The summed E-state index contributed by atoms with van der Waals surface area (Å²) < 4.78 is 10.1. The van der Waals surface area contributed by atoms with Gasteiger partial charge in [0.15, 0.2) is 0 Å². The number of carbonyl (C=O) groups is 1. The predicted molar refractivity (Wildman–Crippen MR) is 63.4 cm³/mol. The van der Waals surface area contributed by atoms with Crippen LogP contribution in [0.4, 0.5) is 0 Å². The Kier molecular flexibility index (Phi) is 7.29. The summed E-state index contributed by atoms with van der Waals surface area (Å²) in [5.74, 6) is -0.0342. The minimum absolute atomic E-state index is 0.0342. The van der Waals surface area contributed by atoms with Gasteiger partial charge in [0.05, 0.1) is 19.3 Å². The number of ether oxygens (including phenoxy) is 2. The zero-order valence-electron chi connectivity index (χ0n) is 10.9. The molecule has 5 nitrogen and oxygen atoms in total. The second kappa shape index (κ2) is 7.60. The maximum Gasteiger partial charge on any atom is 0.234 e. The average molecular weight is 232 g/mol. The van der Waals surface area contributed by atoms with Crippen molar-refractivity contribution in [3.63, 3.8) is 0 Å². The molecular weight excluding hydrogens is 208 g/mol. The van der Waals surface area contributed by atoms with Crippen LogP contribution >= 0.6 is 0 Å². The highest BCUT2D eigenvalue weighted by Gasteiger charge is 2.12. The third kappa shape index (κ3) is 8.64. The lowest BCUT2D eigenvalue weighted by Gasteiger charge is -2.20. The lowest BCUT2D eigenvalue weighted by molar-refractivity contribution is -0.121. The molecule has 0 aliphatic rings. The minimum atomic E-state index is -0.0939. The SMILES string of the molecule is COCC(CNC(=O)CNC(C)(C)C)OC. The number of amides is 1. The molecule has 0 aliphatic heterocycles. The summed E-state index contributed by atoms with van der Waals surface area (Å²) in [6, 6.07) is 0. The fourth-order valence-electron chi connectivity index (χ4n) is 1.03. The molecule has 0 aromatic rings. The summed E-state index contributed by atoms with van der Waals surface area (Å²) in [6.45, 7) is 7.31. The molecule has 1 unspecified atom stereocenters. The van der Waals surface area contributed by atoms with Crippen molar-refractivity contribution in [1.29, 1.82) is 0 Å². The zero-order valence-corrected chi connectivity index (χ0v) is 10.9. The lowest BCUT2D eigenvalue weighted by atomic mass is 10.1. The molecule has 5 heteroatoms. The summed E-state index contributed by atoms with van der Waals surface area (Å²) in [5.41, 5.74) is -0.0511.